The molecule has 0 aliphatic carbocycles. The van der Waals surface area contributed by atoms with E-state index in [0.29, 0.717) is 16.3 Å². The van der Waals surface area contributed by atoms with Gasteiger partial charge in [-0.3, -0.25) is 10.1 Å². The molecule has 0 saturated heterocycles. The Balaban J connectivity index is 2.55. The number of halogens is 1. The third-order valence-electron chi connectivity index (χ3n) is 1.95. The predicted octanol–water partition coefficient (Wildman–Crippen LogP) is 2.49. The van der Waals surface area contributed by atoms with Crippen molar-refractivity contribution in [1.29, 1.82) is 0 Å². The zero-order valence-corrected chi connectivity index (χ0v) is 8.64. The monoisotopic (exact) mass is 239 g/mol. The van der Waals surface area contributed by atoms with Gasteiger partial charge in [0.25, 0.3) is 5.69 Å². The number of aromatic nitrogens is 1. The molecular formula is C9H6ClN3O3. The number of hydrogen-bond donors (Lipinski definition) is 1. The molecule has 1 heterocycles. The fourth-order valence-electron chi connectivity index (χ4n) is 1.23. The van der Waals surface area contributed by atoms with Gasteiger partial charge in [0.1, 0.15) is 0 Å². The molecule has 2 rings (SSSR count). The highest BCUT2D eigenvalue weighted by molar-refractivity contribution is 6.33. The maximum absolute atomic E-state index is 10.6. The maximum atomic E-state index is 10.6. The van der Waals surface area contributed by atoms with Crippen LogP contribution >= 0.6 is 11.6 Å². The van der Waals surface area contributed by atoms with Crippen LogP contribution in [0, 0.1) is 10.1 Å². The van der Waals surface area contributed by atoms with Crippen LogP contribution in [0.15, 0.2) is 28.8 Å². The molecule has 2 aromatic rings. The van der Waals surface area contributed by atoms with Crippen molar-refractivity contribution in [2.75, 3.05) is 5.73 Å². The Labute approximate surface area is 94.7 Å². The summed E-state index contributed by atoms with van der Waals surface area (Å²) >= 11 is 5.89. The molecule has 1 aromatic carbocycles. The summed E-state index contributed by atoms with van der Waals surface area (Å²) in [6.07, 6.45) is 0. The van der Waals surface area contributed by atoms with Crippen molar-refractivity contribution in [2.45, 2.75) is 0 Å². The number of rotatable bonds is 2. The summed E-state index contributed by atoms with van der Waals surface area (Å²) in [5.41, 5.74) is 5.70. The van der Waals surface area contributed by atoms with Crippen molar-refractivity contribution < 1.29 is 9.45 Å². The van der Waals surface area contributed by atoms with Crippen molar-refractivity contribution >= 4 is 23.1 Å². The lowest BCUT2D eigenvalue weighted by molar-refractivity contribution is -0.384. The lowest BCUT2D eigenvalue weighted by atomic mass is 10.1. The number of nitro groups is 1. The summed E-state index contributed by atoms with van der Waals surface area (Å²) in [7, 11) is 0. The molecular weight excluding hydrogens is 234 g/mol. The number of nitrogens with zero attached hydrogens (tertiary/aromatic N) is 2. The normalized spacial score (nSPS) is 10.3. The molecule has 1 aromatic heterocycles. The van der Waals surface area contributed by atoms with E-state index in [2.05, 4.69) is 5.16 Å². The summed E-state index contributed by atoms with van der Waals surface area (Å²) in [6, 6.07) is 5.49. The lowest BCUT2D eigenvalue weighted by Gasteiger charge is -1.98. The SMILES string of the molecule is Nc1cc(-c2cc([N+](=O)[O-])ccc2Cl)on1. The second kappa shape index (κ2) is 3.82. The van der Waals surface area contributed by atoms with Crippen molar-refractivity contribution in [3.8, 4) is 11.3 Å². The summed E-state index contributed by atoms with van der Waals surface area (Å²) < 4.78 is 4.88. The Morgan fingerprint density at radius 1 is 1.44 bits per heavy atom. The maximum Gasteiger partial charge on any atom is 0.270 e. The fourth-order valence-corrected chi connectivity index (χ4v) is 1.44. The Morgan fingerprint density at radius 2 is 2.19 bits per heavy atom. The average molecular weight is 240 g/mol. The van der Waals surface area contributed by atoms with Gasteiger partial charge in [0.2, 0.25) is 0 Å². The summed E-state index contributed by atoms with van der Waals surface area (Å²) in [4.78, 5) is 10.1. The van der Waals surface area contributed by atoms with E-state index in [9.17, 15) is 10.1 Å². The Morgan fingerprint density at radius 3 is 2.75 bits per heavy atom. The highest BCUT2D eigenvalue weighted by Gasteiger charge is 2.14. The Kier molecular flexibility index (Phi) is 2.49. The van der Waals surface area contributed by atoms with E-state index in [1.54, 1.807) is 0 Å². The van der Waals surface area contributed by atoms with Crippen LogP contribution < -0.4 is 5.73 Å². The molecule has 0 bridgehead atoms. The second-order valence-electron chi connectivity index (χ2n) is 3.04. The number of benzene rings is 1. The van der Waals surface area contributed by atoms with Gasteiger partial charge in [-0.25, -0.2) is 0 Å². The molecule has 0 unspecified atom stereocenters. The zero-order valence-electron chi connectivity index (χ0n) is 7.88. The standard InChI is InChI=1S/C9H6ClN3O3/c10-7-2-1-5(13(14)15)3-6(7)8-4-9(11)12-16-8/h1-4H,(H2,11,12). The first-order valence-corrected chi connectivity index (χ1v) is 4.62. The van der Waals surface area contributed by atoms with Crippen molar-refractivity contribution in [1.82, 2.24) is 5.16 Å². The van der Waals surface area contributed by atoms with E-state index in [1.807, 2.05) is 0 Å². The molecule has 16 heavy (non-hydrogen) atoms. The highest BCUT2D eigenvalue weighted by Crippen LogP contribution is 2.32. The number of non-ortho nitro benzene ring substituents is 1. The van der Waals surface area contributed by atoms with Gasteiger partial charge in [0.15, 0.2) is 11.6 Å². The molecule has 82 valence electrons. The molecule has 6 nitrogen and oxygen atoms in total. The predicted molar refractivity (Wildman–Crippen MR) is 58.0 cm³/mol. The molecule has 0 aliphatic heterocycles. The number of hydrogen-bond acceptors (Lipinski definition) is 5. The van der Waals surface area contributed by atoms with Crippen LogP contribution in [0.25, 0.3) is 11.3 Å². The van der Waals surface area contributed by atoms with Gasteiger partial charge < -0.3 is 10.3 Å². The van der Waals surface area contributed by atoms with Gasteiger partial charge in [-0.2, -0.15) is 0 Å². The lowest BCUT2D eigenvalue weighted by Crippen LogP contribution is -1.88. The first kappa shape index (κ1) is 10.4. The summed E-state index contributed by atoms with van der Waals surface area (Å²) in [5, 5.41) is 14.4. The van der Waals surface area contributed by atoms with E-state index >= 15 is 0 Å². The molecule has 0 atom stereocenters. The van der Waals surface area contributed by atoms with Crippen molar-refractivity contribution in [2.24, 2.45) is 0 Å². The number of nitrogens with two attached hydrogens (primary N) is 1. The van der Waals surface area contributed by atoms with E-state index in [1.165, 1.54) is 24.3 Å². The summed E-state index contributed by atoms with van der Waals surface area (Å²) in [6.45, 7) is 0. The summed E-state index contributed by atoms with van der Waals surface area (Å²) in [5.74, 6) is 0.490. The minimum Gasteiger partial charge on any atom is -0.381 e. The quantitative estimate of drug-likeness (QED) is 0.642. The minimum absolute atomic E-state index is 0.0747. The first-order valence-electron chi connectivity index (χ1n) is 4.24. The number of anilines is 1. The molecule has 2 N–H and O–H groups in total. The third-order valence-corrected chi connectivity index (χ3v) is 2.28. The zero-order chi connectivity index (χ0) is 11.7. The Bertz CT molecular complexity index is 553. The van der Waals surface area contributed by atoms with Crippen molar-refractivity contribution in [3.05, 3.63) is 39.4 Å². The molecule has 0 amide bonds. The topological polar surface area (TPSA) is 95.2 Å². The van der Waals surface area contributed by atoms with Crippen LogP contribution in [0.3, 0.4) is 0 Å². The van der Waals surface area contributed by atoms with Crippen molar-refractivity contribution in [3.63, 3.8) is 0 Å². The highest BCUT2D eigenvalue weighted by atomic mass is 35.5. The largest absolute Gasteiger partial charge is 0.381 e. The number of nitro benzene ring substituents is 1. The van der Waals surface area contributed by atoms with Gasteiger partial charge in [-0.15, -0.1) is 0 Å². The van der Waals surface area contributed by atoms with E-state index in [-0.39, 0.29) is 11.5 Å². The molecule has 0 spiro atoms. The molecule has 7 heteroatoms. The van der Waals surface area contributed by atoms with Crippen LogP contribution in [0.5, 0.6) is 0 Å². The van der Waals surface area contributed by atoms with Gasteiger partial charge in [-0.1, -0.05) is 16.8 Å². The first-order chi connectivity index (χ1) is 7.58. The smallest absolute Gasteiger partial charge is 0.270 e. The average Bonchev–Trinajstić information content (AvgIpc) is 2.65. The van der Waals surface area contributed by atoms with E-state index in [4.69, 9.17) is 21.9 Å². The van der Waals surface area contributed by atoms with Crippen LogP contribution in [-0.4, -0.2) is 10.1 Å². The Hall–Kier alpha value is -2.08. The van der Waals surface area contributed by atoms with Crippen LogP contribution in [0.2, 0.25) is 5.02 Å². The van der Waals surface area contributed by atoms with Crippen LogP contribution in [-0.2, 0) is 0 Å². The third kappa shape index (κ3) is 1.82. The molecule has 0 saturated carbocycles. The van der Waals surface area contributed by atoms with Gasteiger partial charge >= 0.3 is 0 Å². The van der Waals surface area contributed by atoms with E-state index < -0.39 is 4.92 Å². The van der Waals surface area contributed by atoms with Crippen LogP contribution in [0.4, 0.5) is 11.5 Å². The molecule has 0 radical (unpaired) electrons. The van der Waals surface area contributed by atoms with Gasteiger partial charge in [-0.05, 0) is 6.07 Å². The van der Waals surface area contributed by atoms with Gasteiger partial charge in [0.05, 0.1) is 9.95 Å². The number of nitrogen functional groups attached to an aromatic ring is 1. The fraction of sp³-hybridized carbons (Fsp3) is 0. The van der Waals surface area contributed by atoms with E-state index in [0.717, 1.165) is 0 Å². The second-order valence-corrected chi connectivity index (χ2v) is 3.44. The molecule has 0 aliphatic rings. The van der Waals surface area contributed by atoms with Crippen LogP contribution in [0.1, 0.15) is 0 Å². The minimum atomic E-state index is -0.514. The van der Waals surface area contributed by atoms with Gasteiger partial charge in [0, 0.05) is 23.8 Å². The molecule has 0 fully saturated rings.